The van der Waals surface area contributed by atoms with Gasteiger partial charge in [0.25, 0.3) is 11.5 Å². The van der Waals surface area contributed by atoms with Gasteiger partial charge in [0.05, 0.1) is 11.9 Å². The first kappa shape index (κ1) is 25.2. The zero-order chi connectivity index (χ0) is 25.4. The number of carbonyl (C=O) groups is 1. The zero-order valence-electron chi connectivity index (χ0n) is 20.2. The summed E-state index contributed by atoms with van der Waals surface area (Å²) < 4.78 is 19.7. The summed E-state index contributed by atoms with van der Waals surface area (Å²) in [5, 5.41) is 0. The number of likely N-dealkylation sites (N-methyl/N-ethyl adjacent to an activating group) is 1. The molecule has 12 nitrogen and oxygen atoms in total. The fourth-order valence-corrected chi connectivity index (χ4v) is 7.06. The molecule has 14 heteroatoms. The number of fused-ring (bicyclic) bond motifs is 3. The van der Waals surface area contributed by atoms with Crippen LogP contribution in [0.1, 0.15) is 54.2 Å². The van der Waals surface area contributed by atoms with Crippen molar-refractivity contribution in [2.24, 2.45) is 5.41 Å². The molecule has 2 unspecified atom stereocenters. The van der Waals surface area contributed by atoms with E-state index in [9.17, 15) is 14.5 Å². The van der Waals surface area contributed by atoms with Gasteiger partial charge in [0.2, 0.25) is 5.95 Å². The van der Waals surface area contributed by atoms with E-state index in [0.717, 1.165) is 0 Å². The summed E-state index contributed by atoms with van der Waals surface area (Å²) in [6.45, 7) is 7.43. The number of rotatable bonds is 5. The SMILES string of the molecule is CN1C(=O)[C@]2(CC(C)(C)C)O[C@@H](n3cnc4c(=O)[nH]c(N)nc43)C1[C@H]2OP(O)(=S)OC(C)(C)C. The number of hydrogen-bond acceptors (Lipinski definition) is 9. The summed E-state index contributed by atoms with van der Waals surface area (Å²) in [5.41, 5.74) is 3.00. The van der Waals surface area contributed by atoms with E-state index >= 15 is 0 Å². The fourth-order valence-electron chi connectivity index (χ4n) is 4.79. The number of likely N-dealkylation sites (tertiary alicyclic amines) is 1. The van der Waals surface area contributed by atoms with Crippen molar-refractivity contribution >= 4 is 41.5 Å². The first-order chi connectivity index (χ1) is 15.4. The number of amides is 1. The van der Waals surface area contributed by atoms with Gasteiger partial charge in [-0.15, -0.1) is 0 Å². The summed E-state index contributed by atoms with van der Waals surface area (Å²) in [6.07, 6.45) is -0.0601. The van der Waals surface area contributed by atoms with Crippen LogP contribution in [0, 0.1) is 5.41 Å². The molecule has 2 aliphatic rings. The van der Waals surface area contributed by atoms with Crippen LogP contribution in [-0.4, -0.2) is 65.6 Å². The lowest BCUT2D eigenvalue weighted by Crippen LogP contribution is -2.51. The number of carbonyl (C=O) groups excluding carboxylic acids is 1. The Kier molecular flexibility index (Phi) is 5.79. The van der Waals surface area contributed by atoms with Crippen molar-refractivity contribution in [1.29, 1.82) is 0 Å². The highest BCUT2D eigenvalue weighted by Gasteiger charge is 2.71. The highest BCUT2D eigenvalue weighted by Crippen LogP contribution is 2.59. The lowest BCUT2D eigenvalue weighted by molar-refractivity contribution is -0.179. The van der Waals surface area contributed by atoms with E-state index < -0.39 is 41.9 Å². The summed E-state index contributed by atoms with van der Waals surface area (Å²) >= 11 is 5.32. The Morgan fingerprint density at radius 2 is 1.97 bits per heavy atom. The Morgan fingerprint density at radius 1 is 1.32 bits per heavy atom. The minimum Gasteiger partial charge on any atom is -0.369 e. The summed E-state index contributed by atoms with van der Waals surface area (Å²) in [7, 11) is 1.64. The number of nitrogen functional groups attached to an aromatic ring is 1. The van der Waals surface area contributed by atoms with E-state index in [-0.39, 0.29) is 34.9 Å². The van der Waals surface area contributed by atoms with E-state index in [0.29, 0.717) is 0 Å². The van der Waals surface area contributed by atoms with Gasteiger partial charge in [-0.2, -0.15) is 4.98 Å². The number of imidazole rings is 1. The molecule has 2 aromatic rings. The highest BCUT2D eigenvalue weighted by molar-refractivity contribution is 8.07. The van der Waals surface area contributed by atoms with E-state index in [2.05, 4.69) is 15.0 Å². The van der Waals surface area contributed by atoms with Crippen molar-refractivity contribution in [2.45, 2.75) is 77.5 Å². The van der Waals surface area contributed by atoms with Gasteiger partial charge < -0.3 is 24.8 Å². The molecular formula is C20H31N6O6PS. The molecule has 4 heterocycles. The van der Waals surface area contributed by atoms with Crippen LogP contribution in [0.25, 0.3) is 11.2 Å². The number of nitrogens with two attached hydrogens (primary N) is 1. The van der Waals surface area contributed by atoms with Crippen LogP contribution in [0.2, 0.25) is 0 Å². The molecule has 2 bridgehead atoms. The second-order valence-corrected chi connectivity index (χ2v) is 13.7. The molecule has 2 fully saturated rings. The molecule has 2 saturated heterocycles. The lowest BCUT2D eigenvalue weighted by atomic mass is 9.80. The minimum absolute atomic E-state index is 0.0755. The number of morpholine rings is 1. The Hall–Kier alpha value is -1.89. The molecule has 0 radical (unpaired) electrons. The average Bonchev–Trinajstić information content (AvgIpc) is 3.21. The van der Waals surface area contributed by atoms with Crippen LogP contribution in [0.3, 0.4) is 0 Å². The maximum Gasteiger partial charge on any atom is 0.325 e. The number of H-pyrrole nitrogens is 1. The largest absolute Gasteiger partial charge is 0.369 e. The smallest absolute Gasteiger partial charge is 0.325 e. The van der Waals surface area contributed by atoms with Crippen molar-refractivity contribution in [2.75, 3.05) is 12.8 Å². The van der Waals surface area contributed by atoms with Crippen molar-refractivity contribution in [3.8, 4) is 0 Å². The number of nitrogens with zero attached hydrogens (tertiary/aromatic N) is 4. The molecule has 0 aliphatic carbocycles. The van der Waals surface area contributed by atoms with Gasteiger partial charge in [-0.25, -0.2) is 4.98 Å². The van der Waals surface area contributed by atoms with Crippen molar-refractivity contribution in [3.63, 3.8) is 0 Å². The van der Waals surface area contributed by atoms with Crippen LogP contribution in [0.5, 0.6) is 0 Å². The molecule has 2 aromatic heterocycles. The first-order valence-corrected chi connectivity index (χ1v) is 13.4. The molecule has 4 N–H and O–H groups in total. The monoisotopic (exact) mass is 514 g/mol. The number of nitrogens with one attached hydrogen (secondary N) is 1. The first-order valence-electron chi connectivity index (χ1n) is 10.8. The van der Waals surface area contributed by atoms with E-state index in [4.69, 9.17) is 31.3 Å². The Labute approximate surface area is 202 Å². The van der Waals surface area contributed by atoms with E-state index in [1.165, 1.54) is 11.2 Å². The summed E-state index contributed by atoms with van der Waals surface area (Å²) in [6, 6.07) is -0.701. The number of ether oxygens (including phenoxy) is 1. The number of aromatic amines is 1. The molecule has 1 amide bonds. The normalized spacial score (nSPS) is 29.2. The highest BCUT2D eigenvalue weighted by atomic mass is 32.5. The number of anilines is 1. The Morgan fingerprint density at radius 3 is 2.56 bits per heavy atom. The molecule has 4 rings (SSSR count). The van der Waals surface area contributed by atoms with Gasteiger partial charge >= 0.3 is 6.72 Å². The van der Waals surface area contributed by atoms with E-state index in [1.54, 1.807) is 32.4 Å². The van der Waals surface area contributed by atoms with Crippen molar-refractivity contribution in [1.82, 2.24) is 24.4 Å². The number of aromatic nitrogens is 4. The standard InChI is InChI=1S/C20H31N6O6PS/c1-18(2,3)8-20-12(31-33(29,34)32-19(4,5)6)11(25(7)16(20)28)15(30-20)26-9-22-10-13(26)23-17(21)24-14(10)27/h9,11-12,15H,8H2,1-7H3,(H,29,34)(H3,21,23,24,27)/t11?,12-,15-,20-,33?/m1/s1. The maximum absolute atomic E-state index is 13.5. The molecule has 188 valence electrons. The van der Waals surface area contributed by atoms with Gasteiger partial charge in [-0.1, -0.05) is 20.8 Å². The second-order valence-electron chi connectivity index (χ2n) is 11.0. The van der Waals surface area contributed by atoms with Crippen LogP contribution in [0.15, 0.2) is 11.1 Å². The third kappa shape index (κ3) is 4.29. The summed E-state index contributed by atoms with van der Waals surface area (Å²) in [4.78, 5) is 49.0. The van der Waals surface area contributed by atoms with Gasteiger partial charge in [-0.05, 0) is 44.4 Å². The Bertz CT molecular complexity index is 1250. The van der Waals surface area contributed by atoms with Crippen LogP contribution in [0.4, 0.5) is 5.95 Å². The van der Waals surface area contributed by atoms with E-state index in [1.807, 2.05) is 20.8 Å². The lowest BCUT2D eigenvalue weighted by Gasteiger charge is -2.38. The van der Waals surface area contributed by atoms with Gasteiger partial charge in [-0.3, -0.25) is 23.7 Å². The number of hydrogen-bond donors (Lipinski definition) is 3. The molecule has 0 saturated carbocycles. The third-order valence-electron chi connectivity index (χ3n) is 5.68. The molecule has 0 aromatic carbocycles. The predicted molar refractivity (Wildman–Crippen MR) is 128 cm³/mol. The van der Waals surface area contributed by atoms with Crippen LogP contribution < -0.4 is 11.3 Å². The average molecular weight is 515 g/mol. The van der Waals surface area contributed by atoms with Crippen molar-refractivity contribution in [3.05, 3.63) is 16.7 Å². The van der Waals surface area contributed by atoms with Crippen molar-refractivity contribution < 1.29 is 23.5 Å². The zero-order valence-corrected chi connectivity index (χ0v) is 21.9. The topological polar surface area (TPSA) is 158 Å². The molecular weight excluding hydrogens is 483 g/mol. The predicted octanol–water partition coefficient (Wildman–Crippen LogP) is 1.66. The van der Waals surface area contributed by atoms with Gasteiger partial charge in [0.15, 0.2) is 23.0 Å². The fraction of sp³-hybridized carbons (Fsp3) is 0.700. The van der Waals surface area contributed by atoms with Crippen LogP contribution in [-0.2, 0) is 30.4 Å². The second kappa shape index (κ2) is 7.81. The minimum atomic E-state index is -3.77. The third-order valence-corrected chi connectivity index (χ3v) is 7.43. The van der Waals surface area contributed by atoms with Crippen LogP contribution >= 0.6 is 6.72 Å². The molecule has 2 aliphatic heterocycles. The van der Waals surface area contributed by atoms with Gasteiger partial charge in [0.1, 0.15) is 12.1 Å². The maximum atomic E-state index is 13.5. The molecule has 0 spiro atoms. The quantitative estimate of drug-likeness (QED) is 0.501. The summed E-state index contributed by atoms with van der Waals surface area (Å²) in [5.74, 6) is -0.359. The molecule has 34 heavy (non-hydrogen) atoms. The van der Waals surface area contributed by atoms with Gasteiger partial charge in [0, 0.05) is 7.05 Å². The Balaban J connectivity index is 1.84. The molecule has 5 atom stereocenters.